The maximum absolute atomic E-state index is 11.6. The van der Waals surface area contributed by atoms with E-state index in [-0.39, 0.29) is 18.1 Å². The molecule has 13 heavy (non-hydrogen) atoms. The summed E-state index contributed by atoms with van der Waals surface area (Å²) in [6.07, 6.45) is 2.15. The standard InChI is InChI=1S/C9H16N2O2/c1-11(2)9(12)7-5-8-6(10-7)3-4-13-8/h6-8,10H,3-5H2,1-2H3/t6-,7-,8-/m1/s1. The number of carbonyl (C=O) groups excluding carboxylic acids is 1. The van der Waals surface area contributed by atoms with Crippen molar-refractivity contribution in [1.29, 1.82) is 0 Å². The predicted octanol–water partition coefficient (Wildman–Crippen LogP) is -0.406. The molecule has 0 unspecified atom stereocenters. The molecule has 0 aliphatic carbocycles. The van der Waals surface area contributed by atoms with Gasteiger partial charge in [-0.1, -0.05) is 0 Å². The molecular weight excluding hydrogens is 168 g/mol. The van der Waals surface area contributed by atoms with E-state index in [9.17, 15) is 4.79 Å². The summed E-state index contributed by atoms with van der Waals surface area (Å²) in [7, 11) is 3.58. The highest BCUT2D eigenvalue weighted by molar-refractivity contribution is 5.81. The molecule has 2 aliphatic heterocycles. The van der Waals surface area contributed by atoms with E-state index in [0.29, 0.717) is 6.04 Å². The van der Waals surface area contributed by atoms with Gasteiger partial charge in [0.2, 0.25) is 5.91 Å². The molecule has 2 fully saturated rings. The van der Waals surface area contributed by atoms with Gasteiger partial charge in [-0.15, -0.1) is 0 Å². The Morgan fingerprint density at radius 3 is 2.92 bits per heavy atom. The number of likely N-dealkylation sites (N-methyl/N-ethyl adjacent to an activating group) is 1. The highest BCUT2D eigenvalue weighted by Gasteiger charge is 2.41. The summed E-state index contributed by atoms with van der Waals surface area (Å²) in [5.41, 5.74) is 0. The molecule has 3 atom stereocenters. The summed E-state index contributed by atoms with van der Waals surface area (Å²) >= 11 is 0. The second-order valence-electron chi connectivity index (χ2n) is 3.99. The molecular formula is C9H16N2O2. The van der Waals surface area contributed by atoms with Gasteiger partial charge in [-0.05, 0) is 12.8 Å². The van der Waals surface area contributed by atoms with Crippen molar-refractivity contribution in [3.05, 3.63) is 0 Å². The fraction of sp³-hybridized carbons (Fsp3) is 0.889. The average Bonchev–Trinajstić information content (AvgIpc) is 2.59. The third-order valence-electron chi connectivity index (χ3n) is 2.83. The summed E-state index contributed by atoms with van der Waals surface area (Å²) in [6.45, 7) is 0.839. The van der Waals surface area contributed by atoms with Crippen molar-refractivity contribution in [2.45, 2.75) is 31.0 Å². The van der Waals surface area contributed by atoms with Crippen molar-refractivity contribution in [3.63, 3.8) is 0 Å². The lowest BCUT2D eigenvalue weighted by atomic mass is 10.1. The number of nitrogens with one attached hydrogen (secondary N) is 1. The molecule has 0 radical (unpaired) electrons. The Morgan fingerprint density at radius 2 is 2.31 bits per heavy atom. The Morgan fingerprint density at radius 1 is 1.54 bits per heavy atom. The monoisotopic (exact) mass is 184 g/mol. The minimum atomic E-state index is -0.0229. The normalized spacial score (nSPS) is 37.5. The van der Waals surface area contributed by atoms with Gasteiger partial charge in [-0.3, -0.25) is 4.79 Å². The largest absolute Gasteiger partial charge is 0.376 e. The molecule has 0 bridgehead atoms. The molecule has 4 heteroatoms. The molecule has 4 nitrogen and oxygen atoms in total. The Bertz CT molecular complexity index is 206. The van der Waals surface area contributed by atoms with Crippen molar-refractivity contribution < 1.29 is 9.53 Å². The quantitative estimate of drug-likeness (QED) is 0.602. The van der Waals surface area contributed by atoms with E-state index in [4.69, 9.17) is 4.74 Å². The first-order valence-electron chi connectivity index (χ1n) is 4.77. The van der Waals surface area contributed by atoms with Crippen LogP contribution in [0.15, 0.2) is 0 Å². The van der Waals surface area contributed by atoms with E-state index in [2.05, 4.69) is 5.32 Å². The lowest BCUT2D eigenvalue weighted by molar-refractivity contribution is -0.130. The molecule has 2 heterocycles. The Labute approximate surface area is 78.2 Å². The molecule has 74 valence electrons. The molecule has 0 spiro atoms. The van der Waals surface area contributed by atoms with E-state index in [1.165, 1.54) is 0 Å². The van der Waals surface area contributed by atoms with Gasteiger partial charge in [-0.2, -0.15) is 0 Å². The van der Waals surface area contributed by atoms with Crippen LogP contribution < -0.4 is 5.32 Å². The molecule has 0 aromatic heterocycles. The number of hydrogen-bond acceptors (Lipinski definition) is 3. The van der Waals surface area contributed by atoms with Crippen LogP contribution in [0.3, 0.4) is 0 Å². The third kappa shape index (κ3) is 1.56. The summed E-state index contributed by atoms with van der Waals surface area (Å²) in [4.78, 5) is 13.2. The number of rotatable bonds is 1. The lowest BCUT2D eigenvalue weighted by Crippen LogP contribution is -2.42. The van der Waals surface area contributed by atoms with Crippen LogP contribution >= 0.6 is 0 Å². The van der Waals surface area contributed by atoms with Crippen molar-refractivity contribution in [3.8, 4) is 0 Å². The highest BCUT2D eigenvalue weighted by atomic mass is 16.5. The van der Waals surface area contributed by atoms with Gasteiger partial charge in [0.1, 0.15) is 0 Å². The number of nitrogens with zero attached hydrogens (tertiary/aromatic N) is 1. The molecule has 0 aromatic rings. The zero-order valence-electron chi connectivity index (χ0n) is 8.12. The first-order valence-corrected chi connectivity index (χ1v) is 4.77. The SMILES string of the molecule is CN(C)C(=O)[C@H]1C[C@H]2OCC[C@H]2N1. The van der Waals surface area contributed by atoms with Gasteiger partial charge in [0, 0.05) is 26.7 Å². The zero-order chi connectivity index (χ0) is 9.42. The second kappa shape index (κ2) is 3.27. The smallest absolute Gasteiger partial charge is 0.239 e. The Hall–Kier alpha value is -0.610. The summed E-state index contributed by atoms with van der Waals surface area (Å²) in [5, 5.41) is 3.32. The first-order chi connectivity index (χ1) is 6.18. The van der Waals surface area contributed by atoms with Gasteiger partial charge in [-0.25, -0.2) is 0 Å². The van der Waals surface area contributed by atoms with E-state index in [1.54, 1.807) is 19.0 Å². The van der Waals surface area contributed by atoms with Crippen LogP contribution in [0.4, 0.5) is 0 Å². The van der Waals surface area contributed by atoms with Crippen LogP contribution in [-0.2, 0) is 9.53 Å². The lowest BCUT2D eigenvalue weighted by Gasteiger charge is -2.17. The average molecular weight is 184 g/mol. The summed E-state index contributed by atoms with van der Waals surface area (Å²) < 4.78 is 5.50. The molecule has 0 saturated carbocycles. The fourth-order valence-electron chi connectivity index (χ4n) is 2.11. The molecule has 1 amide bonds. The number of fused-ring (bicyclic) bond motifs is 1. The van der Waals surface area contributed by atoms with Crippen molar-refractivity contribution >= 4 is 5.91 Å². The number of hydrogen-bond donors (Lipinski definition) is 1. The van der Waals surface area contributed by atoms with Gasteiger partial charge in [0.25, 0.3) is 0 Å². The molecule has 2 saturated heterocycles. The van der Waals surface area contributed by atoms with Crippen molar-refractivity contribution in [2.75, 3.05) is 20.7 Å². The van der Waals surface area contributed by atoms with Gasteiger partial charge in [0.15, 0.2) is 0 Å². The van der Waals surface area contributed by atoms with Crippen LogP contribution in [0.25, 0.3) is 0 Å². The number of carbonyl (C=O) groups is 1. The minimum absolute atomic E-state index is 0.0229. The van der Waals surface area contributed by atoms with Crippen LogP contribution in [0.2, 0.25) is 0 Å². The zero-order valence-corrected chi connectivity index (χ0v) is 8.12. The maximum Gasteiger partial charge on any atom is 0.239 e. The molecule has 0 aromatic carbocycles. The van der Waals surface area contributed by atoms with E-state index in [0.717, 1.165) is 19.4 Å². The van der Waals surface area contributed by atoms with Crippen LogP contribution in [0.1, 0.15) is 12.8 Å². The highest BCUT2D eigenvalue weighted by Crippen LogP contribution is 2.25. The predicted molar refractivity (Wildman–Crippen MR) is 48.4 cm³/mol. The summed E-state index contributed by atoms with van der Waals surface area (Å²) in [5.74, 6) is 0.165. The van der Waals surface area contributed by atoms with Gasteiger partial charge < -0.3 is 15.0 Å². The van der Waals surface area contributed by atoms with Gasteiger partial charge >= 0.3 is 0 Å². The molecule has 2 aliphatic rings. The van der Waals surface area contributed by atoms with Crippen molar-refractivity contribution in [1.82, 2.24) is 10.2 Å². The number of ether oxygens (including phenoxy) is 1. The molecule has 1 N–H and O–H groups in total. The third-order valence-corrected chi connectivity index (χ3v) is 2.83. The van der Waals surface area contributed by atoms with Crippen LogP contribution in [-0.4, -0.2) is 49.7 Å². The number of amides is 1. The van der Waals surface area contributed by atoms with E-state index >= 15 is 0 Å². The van der Waals surface area contributed by atoms with Gasteiger partial charge in [0.05, 0.1) is 12.1 Å². The minimum Gasteiger partial charge on any atom is -0.376 e. The van der Waals surface area contributed by atoms with E-state index < -0.39 is 0 Å². The summed E-state index contributed by atoms with van der Waals surface area (Å²) in [6, 6.07) is 0.388. The van der Waals surface area contributed by atoms with Crippen LogP contribution in [0.5, 0.6) is 0 Å². The van der Waals surface area contributed by atoms with Crippen molar-refractivity contribution in [2.24, 2.45) is 0 Å². The van der Waals surface area contributed by atoms with E-state index in [1.807, 2.05) is 0 Å². The first kappa shape index (κ1) is 8.97. The topological polar surface area (TPSA) is 41.6 Å². The fourth-order valence-corrected chi connectivity index (χ4v) is 2.11. The second-order valence-corrected chi connectivity index (χ2v) is 3.99. The van der Waals surface area contributed by atoms with Crippen LogP contribution in [0, 0.1) is 0 Å². The maximum atomic E-state index is 11.6. The Kier molecular flexibility index (Phi) is 2.26. The molecule has 2 rings (SSSR count). The Balaban J connectivity index is 1.95.